The van der Waals surface area contributed by atoms with Crippen molar-refractivity contribution < 1.29 is 13.9 Å². The smallest absolute Gasteiger partial charge is 0.257 e. The minimum Gasteiger partial charge on any atom is -0.480 e. The van der Waals surface area contributed by atoms with Gasteiger partial charge < -0.3 is 14.5 Å². The molecule has 2 heterocycles. The highest BCUT2D eigenvalue weighted by molar-refractivity contribution is 5.96. The molecule has 1 amide bonds. The van der Waals surface area contributed by atoms with Crippen LogP contribution in [0.3, 0.4) is 0 Å². The molecule has 0 aliphatic heterocycles. The van der Waals surface area contributed by atoms with Crippen molar-refractivity contribution in [3.63, 3.8) is 0 Å². The van der Waals surface area contributed by atoms with Crippen molar-refractivity contribution >= 4 is 5.91 Å². The molecular formula is C11H12N4O3. The van der Waals surface area contributed by atoms with Crippen LogP contribution in [0.1, 0.15) is 22.1 Å². The van der Waals surface area contributed by atoms with Gasteiger partial charge in [-0.15, -0.1) is 10.2 Å². The summed E-state index contributed by atoms with van der Waals surface area (Å²) >= 11 is 0. The van der Waals surface area contributed by atoms with Crippen LogP contribution < -0.4 is 10.1 Å². The molecule has 0 spiro atoms. The largest absolute Gasteiger partial charge is 0.480 e. The number of carbonyl (C=O) groups excluding carboxylic acids is 1. The molecule has 18 heavy (non-hydrogen) atoms. The van der Waals surface area contributed by atoms with E-state index in [-0.39, 0.29) is 18.3 Å². The second kappa shape index (κ2) is 5.26. The zero-order chi connectivity index (χ0) is 13.0. The Hall–Kier alpha value is -2.44. The van der Waals surface area contributed by atoms with E-state index in [1.807, 2.05) is 0 Å². The summed E-state index contributed by atoms with van der Waals surface area (Å²) in [5.74, 6) is 0.773. The van der Waals surface area contributed by atoms with Gasteiger partial charge in [-0.25, -0.2) is 4.98 Å². The van der Waals surface area contributed by atoms with E-state index in [0.29, 0.717) is 17.3 Å². The summed E-state index contributed by atoms with van der Waals surface area (Å²) in [5, 5.41) is 10.1. The summed E-state index contributed by atoms with van der Waals surface area (Å²) in [6, 6.07) is 3.29. The van der Waals surface area contributed by atoms with E-state index in [0.717, 1.165) is 0 Å². The highest BCUT2D eigenvalue weighted by atomic mass is 16.5. The number of nitrogens with one attached hydrogen (secondary N) is 1. The fourth-order valence-electron chi connectivity index (χ4n) is 1.39. The monoisotopic (exact) mass is 248 g/mol. The molecule has 0 aliphatic carbocycles. The number of ether oxygens (including phenoxy) is 1. The van der Waals surface area contributed by atoms with E-state index in [4.69, 9.17) is 9.15 Å². The Balaban J connectivity index is 2.03. The van der Waals surface area contributed by atoms with Crippen molar-refractivity contribution in [2.24, 2.45) is 0 Å². The van der Waals surface area contributed by atoms with Crippen molar-refractivity contribution in [3.05, 3.63) is 35.7 Å². The predicted octanol–water partition coefficient (Wildman–Crippen LogP) is 0.712. The zero-order valence-electron chi connectivity index (χ0n) is 10.0. The molecule has 0 bridgehead atoms. The highest BCUT2D eigenvalue weighted by Crippen LogP contribution is 2.13. The fraction of sp³-hybridized carbons (Fsp3) is 0.273. The molecule has 2 rings (SSSR count). The number of pyridine rings is 1. The van der Waals surface area contributed by atoms with E-state index < -0.39 is 0 Å². The summed E-state index contributed by atoms with van der Waals surface area (Å²) in [7, 11) is 1.46. The van der Waals surface area contributed by atoms with Crippen LogP contribution >= 0.6 is 0 Å². The lowest BCUT2D eigenvalue weighted by Gasteiger charge is -2.06. The van der Waals surface area contributed by atoms with E-state index in [9.17, 15) is 4.79 Å². The normalized spacial score (nSPS) is 10.1. The van der Waals surface area contributed by atoms with Gasteiger partial charge in [0.15, 0.2) is 0 Å². The number of hydrogen-bond donors (Lipinski definition) is 1. The average Bonchev–Trinajstić information content (AvgIpc) is 2.81. The Kier molecular flexibility index (Phi) is 3.52. The average molecular weight is 248 g/mol. The SMILES string of the molecule is COc1ncccc1C(=O)NCc1nnc(C)o1. The molecule has 0 radical (unpaired) electrons. The number of amides is 1. The number of carbonyl (C=O) groups is 1. The van der Waals surface area contributed by atoms with Crippen LogP contribution in [0.4, 0.5) is 0 Å². The number of rotatable bonds is 4. The van der Waals surface area contributed by atoms with Crippen LogP contribution in [0.25, 0.3) is 0 Å². The first kappa shape index (κ1) is 12.0. The minimum absolute atomic E-state index is 0.164. The Labute approximate surface area is 103 Å². The van der Waals surface area contributed by atoms with Crippen molar-refractivity contribution in [1.82, 2.24) is 20.5 Å². The first-order chi connectivity index (χ1) is 8.70. The first-order valence-electron chi connectivity index (χ1n) is 5.27. The van der Waals surface area contributed by atoms with Crippen LogP contribution in [0, 0.1) is 6.92 Å². The van der Waals surface area contributed by atoms with E-state index >= 15 is 0 Å². The lowest BCUT2D eigenvalue weighted by atomic mass is 10.2. The van der Waals surface area contributed by atoms with Gasteiger partial charge in [0, 0.05) is 13.1 Å². The second-order valence-corrected chi connectivity index (χ2v) is 3.46. The maximum absolute atomic E-state index is 11.9. The van der Waals surface area contributed by atoms with E-state index in [2.05, 4.69) is 20.5 Å². The first-order valence-corrected chi connectivity index (χ1v) is 5.27. The third kappa shape index (κ3) is 2.62. The summed E-state index contributed by atoms with van der Waals surface area (Å²) in [5.41, 5.74) is 0.358. The van der Waals surface area contributed by atoms with Crippen LogP contribution in [0.2, 0.25) is 0 Å². The van der Waals surface area contributed by atoms with Gasteiger partial charge in [-0.3, -0.25) is 4.79 Å². The maximum atomic E-state index is 11.9. The number of nitrogens with zero attached hydrogens (tertiary/aromatic N) is 3. The third-order valence-corrected chi connectivity index (χ3v) is 2.18. The molecule has 0 saturated carbocycles. The molecule has 7 nitrogen and oxygen atoms in total. The topological polar surface area (TPSA) is 90.1 Å². The molecule has 0 aromatic carbocycles. The standard InChI is InChI=1S/C11H12N4O3/c1-7-14-15-9(18-7)6-13-10(16)8-4-3-5-12-11(8)17-2/h3-5H,6H2,1-2H3,(H,13,16). The van der Waals surface area contributed by atoms with Crippen molar-refractivity contribution in [1.29, 1.82) is 0 Å². The summed E-state index contributed by atoms with van der Waals surface area (Å²) < 4.78 is 10.1. The number of hydrogen-bond acceptors (Lipinski definition) is 6. The Morgan fingerprint density at radius 1 is 1.50 bits per heavy atom. The highest BCUT2D eigenvalue weighted by Gasteiger charge is 2.13. The molecule has 2 aromatic heterocycles. The molecule has 7 heteroatoms. The predicted molar refractivity (Wildman–Crippen MR) is 61.0 cm³/mol. The van der Waals surface area contributed by atoms with Gasteiger partial charge in [0.1, 0.15) is 5.56 Å². The molecular weight excluding hydrogens is 236 g/mol. The van der Waals surface area contributed by atoms with Crippen LogP contribution in [-0.4, -0.2) is 28.2 Å². The minimum atomic E-state index is -0.309. The van der Waals surface area contributed by atoms with Crippen molar-refractivity contribution in [2.75, 3.05) is 7.11 Å². The Morgan fingerprint density at radius 3 is 3.00 bits per heavy atom. The molecule has 0 unspecified atom stereocenters. The van der Waals surface area contributed by atoms with E-state index in [1.165, 1.54) is 7.11 Å². The number of aryl methyl sites for hydroxylation is 1. The van der Waals surface area contributed by atoms with Crippen LogP contribution in [0.15, 0.2) is 22.7 Å². The number of aromatic nitrogens is 3. The Morgan fingerprint density at radius 2 is 2.33 bits per heavy atom. The third-order valence-electron chi connectivity index (χ3n) is 2.18. The van der Waals surface area contributed by atoms with Gasteiger partial charge in [-0.2, -0.15) is 0 Å². The van der Waals surface area contributed by atoms with Gasteiger partial charge >= 0.3 is 0 Å². The molecule has 94 valence electrons. The van der Waals surface area contributed by atoms with Crippen LogP contribution in [-0.2, 0) is 6.54 Å². The van der Waals surface area contributed by atoms with Gasteiger partial charge in [0.05, 0.1) is 13.7 Å². The van der Waals surface area contributed by atoms with Gasteiger partial charge in [-0.05, 0) is 12.1 Å². The van der Waals surface area contributed by atoms with Crippen molar-refractivity contribution in [2.45, 2.75) is 13.5 Å². The Bertz CT molecular complexity index is 553. The molecule has 2 aromatic rings. The second-order valence-electron chi connectivity index (χ2n) is 3.46. The van der Waals surface area contributed by atoms with Crippen LogP contribution in [0.5, 0.6) is 5.88 Å². The van der Waals surface area contributed by atoms with E-state index in [1.54, 1.807) is 25.3 Å². The summed E-state index contributed by atoms with van der Waals surface area (Å²) in [4.78, 5) is 15.8. The van der Waals surface area contributed by atoms with Gasteiger partial charge in [0.2, 0.25) is 17.7 Å². The van der Waals surface area contributed by atoms with Crippen molar-refractivity contribution in [3.8, 4) is 5.88 Å². The fourth-order valence-corrected chi connectivity index (χ4v) is 1.39. The number of methoxy groups -OCH3 is 1. The quantitative estimate of drug-likeness (QED) is 0.857. The lowest BCUT2D eigenvalue weighted by molar-refractivity contribution is 0.0943. The molecule has 1 N–H and O–H groups in total. The summed E-state index contributed by atoms with van der Waals surface area (Å²) in [6.45, 7) is 1.85. The lowest BCUT2D eigenvalue weighted by Crippen LogP contribution is -2.23. The molecule has 0 aliphatic rings. The molecule has 0 fully saturated rings. The van der Waals surface area contributed by atoms with Gasteiger partial charge in [-0.1, -0.05) is 0 Å². The zero-order valence-corrected chi connectivity index (χ0v) is 10.0. The van der Waals surface area contributed by atoms with Gasteiger partial charge in [0.25, 0.3) is 5.91 Å². The summed E-state index contributed by atoms with van der Waals surface area (Å²) in [6.07, 6.45) is 1.55. The maximum Gasteiger partial charge on any atom is 0.257 e. The molecule has 0 atom stereocenters. The molecule has 0 saturated heterocycles.